The number of urea groups is 1. The van der Waals surface area contributed by atoms with Gasteiger partial charge in [0.2, 0.25) is 0 Å². The van der Waals surface area contributed by atoms with E-state index >= 15 is 0 Å². The Balaban J connectivity index is 1.68. The topological polar surface area (TPSA) is 75.7 Å². The summed E-state index contributed by atoms with van der Waals surface area (Å²) in [5.74, 6) is -1.09. The van der Waals surface area contributed by atoms with Gasteiger partial charge in [0, 0.05) is 15.6 Å². The first kappa shape index (κ1) is 23.5. The number of para-hydroxylation sites is 1. The lowest BCUT2D eigenvalue weighted by Gasteiger charge is -2.28. The second-order valence-electron chi connectivity index (χ2n) is 7.54. The van der Waals surface area contributed by atoms with Gasteiger partial charge in [0.25, 0.3) is 11.8 Å². The van der Waals surface area contributed by atoms with Crippen molar-refractivity contribution >= 4 is 52.8 Å². The predicted octanol–water partition coefficient (Wildman–Crippen LogP) is 5.80. The fraction of sp³-hybridized carbons (Fsp3) is 0.115. The molecule has 3 aromatic rings. The van der Waals surface area contributed by atoms with E-state index in [9.17, 15) is 14.4 Å². The zero-order chi connectivity index (χ0) is 24.2. The summed E-state index contributed by atoms with van der Waals surface area (Å²) in [6.07, 6.45) is 1.99. The van der Waals surface area contributed by atoms with E-state index < -0.39 is 17.8 Å². The van der Waals surface area contributed by atoms with E-state index in [1.807, 2.05) is 31.2 Å². The second-order valence-corrected chi connectivity index (χ2v) is 8.41. The molecular formula is C26H20Cl2N2O4. The molecule has 0 aliphatic carbocycles. The predicted molar refractivity (Wildman–Crippen MR) is 132 cm³/mol. The molecule has 0 bridgehead atoms. The molecule has 1 heterocycles. The van der Waals surface area contributed by atoms with Crippen LogP contribution in [-0.4, -0.2) is 17.8 Å². The molecular weight excluding hydrogens is 475 g/mol. The summed E-state index contributed by atoms with van der Waals surface area (Å²) in [6, 6.07) is 18.4. The van der Waals surface area contributed by atoms with E-state index in [4.69, 9.17) is 27.9 Å². The van der Waals surface area contributed by atoms with Gasteiger partial charge >= 0.3 is 6.03 Å². The molecule has 172 valence electrons. The minimum Gasteiger partial charge on any atom is -0.488 e. The van der Waals surface area contributed by atoms with Crippen molar-refractivity contribution in [3.05, 3.63) is 99.0 Å². The maximum Gasteiger partial charge on any atom is 0.335 e. The number of anilines is 1. The van der Waals surface area contributed by atoms with Crippen LogP contribution in [0.15, 0.2) is 72.3 Å². The Labute approximate surface area is 206 Å². The summed E-state index contributed by atoms with van der Waals surface area (Å²) in [5, 5.41) is 3.27. The highest BCUT2D eigenvalue weighted by molar-refractivity contribution is 6.39. The number of rotatable bonds is 6. The number of carbonyl (C=O) groups excluding carboxylic acids is 3. The Bertz CT molecular complexity index is 1300. The van der Waals surface area contributed by atoms with E-state index in [0.717, 1.165) is 16.0 Å². The molecule has 1 N–H and O–H groups in total. The van der Waals surface area contributed by atoms with Crippen molar-refractivity contribution in [2.45, 2.75) is 20.0 Å². The largest absolute Gasteiger partial charge is 0.488 e. The lowest BCUT2D eigenvalue weighted by atomic mass is 10.0. The summed E-state index contributed by atoms with van der Waals surface area (Å²) in [6.45, 7) is 2.16. The molecule has 0 atom stereocenters. The molecule has 1 aliphatic heterocycles. The van der Waals surface area contributed by atoms with Crippen LogP contribution in [0.2, 0.25) is 10.0 Å². The third kappa shape index (κ3) is 4.98. The second kappa shape index (κ2) is 10.1. The molecule has 1 fully saturated rings. The fourth-order valence-electron chi connectivity index (χ4n) is 3.56. The molecule has 0 saturated carbocycles. The molecule has 0 unspecified atom stereocenters. The molecule has 3 aromatic carbocycles. The number of benzene rings is 3. The fourth-order valence-corrected chi connectivity index (χ4v) is 3.87. The van der Waals surface area contributed by atoms with Crippen molar-refractivity contribution < 1.29 is 19.1 Å². The van der Waals surface area contributed by atoms with E-state index in [0.29, 0.717) is 33.5 Å². The van der Waals surface area contributed by atoms with E-state index in [-0.39, 0.29) is 12.2 Å². The lowest BCUT2D eigenvalue weighted by molar-refractivity contribution is -0.122. The smallest absolute Gasteiger partial charge is 0.335 e. The Hall–Kier alpha value is -3.61. The maximum absolute atomic E-state index is 13.3. The first-order valence-electron chi connectivity index (χ1n) is 10.5. The third-order valence-electron chi connectivity index (χ3n) is 5.29. The van der Waals surface area contributed by atoms with Crippen molar-refractivity contribution in [2.75, 3.05) is 4.90 Å². The van der Waals surface area contributed by atoms with E-state index in [2.05, 4.69) is 5.32 Å². The van der Waals surface area contributed by atoms with Gasteiger partial charge in [0.15, 0.2) is 0 Å². The normalized spacial score (nSPS) is 15.0. The van der Waals surface area contributed by atoms with E-state index in [1.165, 1.54) is 6.08 Å². The third-order valence-corrected chi connectivity index (χ3v) is 5.78. The van der Waals surface area contributed by atoms with Gasteiger partial charge in [-0.3, -0.25) is 14.9 Å². The van der Waals surface area contributed by atoms with Gasteiger partial charge < -0.3 is 4.74 Å². The number of imide groups is 2. The van der Waals surface area contributed by atoms with Gasteiger partial charge in [-0.05, 0) is 60.0 Å². The average Bonchev–Trinajstić information content (AvgIpc) is 2.82. The SMILES string of the molecule is CCc1ccccc1N1C(=O)NC(=O)/C(=C/c2cc(Cl)ccc2OCc2ccc(Cl)cc2)C1=O. The van der Waals surface area contributed by atoms with Gasteiger partial charge in [-0.1, -0.05) is 60.5 Å². The minimum absolute atomic E-state index is 0.205. The number of nitrogens with one attached hydrogen (secondary N) is 1. The molecule has 0 spiro atoms. The van der Waals surface area contributed by atoms with Crippen LogP contribution in [0.25, 0.3) is 6.08 Å². The number of nitrogens with zero attached hydrogens (tertiary/aromatic N) is 1. The number of amides is 4. The molecule has 0 radical (unpaired) electrons. The lowest BCUT2D eigenvalue weighted by Crippen LogP contribution is -2.54. The molecule has 0 aromatic heterocycles. The molecule has 1 saturated heterocycles. The zero-order valence-corrected chi connectivity index (χ0v) is 19.7. The summed E-state index contributed by atoms with van der Waals surface area (Å²) in [7, 11) is 0. The van der Waals surface area contributed by atoms with E-state index in [1.54, 1.807) is 42.5 Å². The minimum atomic E-state index is -0.793. The van der Waals surface area contributed by atoms with Gasteiger partial charge in [0.05, 0.1) is 5.69 Å². The van der Waals surface area contributed by atoms with Crippen LogP contribution in [-0.2, 0) is 22.6 Å². The van der Waals surface area contributed by atoms with Gasteiger partial charge in [-0.2, -0.15) is 0 Å². The Kier molecular flexibility index (Phi) is 7.01. The highest BCUT2D eigenvalue weighted by Crippen LogP contribution is 2.30. The van der Waals surface area contributed by atoms with Crippen molar-refractivity contribution in [1.29, 1.82) is 0 Å². The van der Waals surface area contributed by atoms with Crippen LogP contribution in [0.5, 0.6) is 5.75 Å². The maximum atomic E-state index is 13.3. The summed E-state index contributed by atoms with van der Waals surface area (Å²) in [5.41, 5.74) is 2.34. The first-order chi connectivity index (χ1) is 16.4. The summed E-state index contributed by atoms with van der Waals surface area (Å²) >= 11 is 12.1. The molecule has 6 nitrogen and oxygen atoms in total. The number of ether oxygens (including phenoxy) is 1. The standard InChI is InChI=1S/C26H20Cl2N2O4/c1-2-17-5-3-4-6-22(17)30-25(32)21(24(31)29-26(30)33)14-18-13-20(28)11-12-23(18)34-15-16-7-9-19(27)10-8-16/h3-14H,2,15H2,1H3,(H,29,31,33)/b21-14-. The number of carbonyl (C=O) groups is 3. The summed E-state index contributed by atoms with van der Waals surface area (Å²) < 4.78 is 5.93. The van der Waals surface area contributed by atoms with Crippen molar-refractivity contribution in [3.8, 4) is 5.75 Å². The molecule has 8 heteroatoms. The van der Waals surface area contributed by atoms with Gasteiger partial charge in [-0.15, -0.1) is 0 Å². The quantitative estimate of drug-likeness (QED) is 0.347. The Morgan fingerprint density at radius 1 is 0.941 bits per heavy atom. The van der Waals surface area contributed by atoms with Crippen molar-refractivity contribution in [2.24, 2.45) is 0 Å². The highest BCUT2D eigenvalue weighted by Gasteiger charge is 2.37. The first-order valence-corrected chi connectivity index (χ1v) is 11.3. The number of hydrogen-bond donors (Lipinski definition) is 1. The van der Waals surface area contributed by atoms with Crippen LogP contribution >= 0.6 is 23.2 Å². The molecule has 34 heavy (non-hydrogen) atoms. The van der Waals surface area contributed by atoms with Gasteiger partial charge in [-0.25, -0.2) is 9.69 Å². The zero-order valence-electron chi connectivity index (χ0n) is 18.2. The van der Waals surface area contributed by atoms with Crippen LogP contribution in [0.1, 0.15) is 23.6 Å². The average molecular weight is 495 g/mol. The van der Waals surface area contributed by atoms with Crippen molar-refractivity contribution in [1.82, 2.24) is 5.32 Å². The van der Waals surface area contributed by atoms with Crippen LogP contribution in [0.3, 0.4) is 0 Å². The van der Waals surface area contributed by atoms with Crippen LogP contribution in [0.4, 0.5) is 10.5 Å². The Morgan fingerprint density at radius 2 is 1.65 bits per heavy atom. The number of barbiturate groups is 1. The summed E-state index contributed by atoms with van der Waals surface area (Å²) in [4.78, 5) is 39.5. The molecule has 4 rings (SSSR count). The number of aryl methyl sites for hydroxylation is 1. The Morgan fingerprint density at radius 3 is 2.38 bits per heavy atom. The van der Waals surface area contributed by atoms with Crippen LogP contribution < -0.4 is 15.0 Å². The molecule has 4 amide bonds. The van der Waals surface area contributed by atoms with Crippen LogP contribution in [0, 0.1) is 0 Å². The monoisotopic (exact) mass is 494 g/mol. The number of hydrogen-bond acceptors (Lipinski definition) is 4. The highest BCUT2D eigenvalue weighted by atomic mass is 35.5. The molecule has 1 aliphatic rings. The van der Waals surface area contributed by atoms with Gasteiger partial charge in [0.1, 0.15) is 17.9 Å². The van der Waals surface area contributed by atoms with Crippen molar-refractivity contribution in [3.63, 3.8) is 0 Å². The number of halogens is 2.